The van der Waals surface area contributed by atoms with Crippen LogP contribution >= 0.6 is 0 Å². The second kappa shape index (κ2) is 3.45. The van der Waals surface area contributed by atoms with Gasteiger partial charge in [0, 0.05) is 0 Å². The van der Waals surface area contributed by atoms with Gasteiger partial charge in [-0.15, -0.1) is 0 Å². The van der Waals surface area contributed by atoms with E-state index in [9.17, 15) is 4.79 Å². The van der Waals surface area contributed by atoms with Crippen LogP contribution in [0.2, 0.25) is 0 Å². The minimum atomic E-state index is -0.328. The molecule has 1 aromatic carbocycles. The molecular weight excluding hydrogens is 192 g/mol. The summed E-state index contributed by atoms with van der Waals surface area (Å²) >= 11 is 0. The Morgan fingerprint density at radius 3 is 2.40 bits per heavy atom. The van der Waals surface area contributed by atoms with Gasteiger partial charge < -0.3 is 11.5 Å². The fourth-order valence-corrected chi connectivity index (χ4v) is 1.39. The minimum Gasteiger partial charge on any atom is -0.383 e. The first kappa shape index (κ1) is 9.26. The molecule has 0 radical (unpaired) electrons. The quantitative estimate of drug-likeness (QED) is 0.630. The molecule has 76 valence electrons. The van der Waals surface area contributed by atoms with E-state index >= 15 is 0 Å². The third-order valence-electron chi connectivity index (χ3n) is 2.03. The largest absolute Gasteiger partial charge is 0.383 e. The van der Waals surface area contributed by atoms with E-state index in [1.165, 1.54) is 0 Å². The first-order valence-electron chi connectivity index (χ1n) is 4.39. The molecule has 1 heterocycles. The van der Waals surface area contributed by atoms with Gasteiger partial charge in [0.05, 0.1) is 5.56 Å². The summed E-state index contributed by atoms with van der Waals surface area (Å²) in [5.41, 5.74) is 11.8. The number of H-pyrrole nitrogens is 1. The molecule has 0 aliphatic carbocycles. The normalized spacial score (nSPS) is 10.1. The number of benzene rings is 1. The average molecular weight is 202 g/mol. The first-order valence-corrected chi connectivity index (χ1v) is 4.39. The van der Waals surface area contributed by atoms with Crippen molar-refractivity contribution in [3.05, 3.63) is 40.7 Å². The molecule has 2 aromatic rings. The Bertz CT molecular complexity index is 533. The molecule has 0 saturated heterocycles. The van der Waals surface area contributed by atoms with E-state index in [0.717, 1.165) is 5.56 Å². The highest BCUT2D eigenvalue weighted by atomic mass is 16.1. The highest BCUT2D eigenvalue weighted by Gasteiger charge is 2.09. The van der Waals surface area contributed by atoms with Crippen LogP contribution in [0.1, 0.15) is 0 Å². The van der Waals surface area contributed by atoms with E-state index in [0.29, 0.717) is 5.56 Å². The fraction of sp³-hybridized carbons (Fsp3) is 0. The Labute approximate surface area is 85.8 Å². The molecule has 2 rings (SSSR count). The van der Waals surface area contributed by atoms with E-state index in [1.807, 2.05) is 18.2 Å². The molecule has 0 bridgehead atoms. The zero-order valence-electron chi connectivity index (χ0n) is 7.90. The van der Waals surface area contributed by atoms with Gasteiger partial charge in [-0.25, -0.2) is 0 Å². The van der Waals surface area contributed by atoms with Gasteiger partial charge in [-0.3, -0.25) is 9.78 Å². The zero-order chi connectivity index (χ0) is 10.8. The Kier molecular flexibility index (Phi) is 2.13. The number of nitrogens with two attached hydrogens (primary N) is 2. The monoisotopic (exact) mass is 202 g/mol. The molecule has 1 aromatic heterocycles. The number of hydrogen-bond donors (Lipinski definition) is 3. The number of aromatic nitrogens is 2. The lowest BCUT2D eigenvalue weighted by Crippen LogP contribution is -2.16. The summed E-state index contributed by atoms with van der Waals surface area (Å²) in [6, 6.07) is 9.09. The van der Waals surface area contributed by atoms with Gasteiger partial charge in [0.25, 0.3) is 5.56 Å². The van der Waals surface area contributed by atoms with E-state index in [2.05, 4.69) is 9.97 Å². The molecule has 0 fully saturated rings. The third-order valence-corrected chi connectivity index (χ3v) is 2.03. The van der Waals surface area contributed by atoms with Crippen LogP contribution < -0.4 is 17.0 Å². The number of hydrogen-bond acceptors (Lipinski definition) is 4. The first-order chi connectivity index (χ1) is 7.18. The van der Waals surface area contributed by atoms with Crippen molar-refractivity contribution in [1.29, 1.82) is 0 Å². The van der Waals surface area contributed by atoms with Crippen molar-refractivity contribution < 1.29 is 0 Å². The second-order valence-electron chi connectivity index (χ2n) is 3.08. The third kappa shape index (κ3) is 1.67. The summed E-state index contributed by atoms with van der Waals surface area (Å²) in [6.07, 6.45) is 0. The summed E-state index contributed by atoms with van der Waals surface area (Å²) in [4.78, 5) is 17.8. The summed E-state index contributed by atoms with van der Waals surface area (Å²) in [5.74, 6) is 0.166. The van der Waals surface area contributed by atoms with Crippen molar-refractivity contribution in [1.82, 2.24) is 9.97 Å². The SMILES string of the molecule is Nc1nc(N)c(-c2ccccc2)c(=O)[nH]1. The molecule has 5 N–H and O–H groups in total. The minimum absolute atomic E-state index is 0.0252. The number of anilines is 2. The van der Waals surface area contributed by atoms with Crippen LogP contribution in [0.3, 0.4) is 0 Å². The maximum Gasteiger partial charge on any atom is 0.262 e. The lowest BCUT2D eigenvalue weighted by atomic mass is 10.1. The van der Waals surface area contributed by atoms with Crippen molar-refractivity contribution in [2.24, 2.45) is 0 Å². The van der Waals surface area contributed by atoms with Gasteiger partial charge >= 0.3 is 0 Å². The smallest absolute Gasteiger partial charge is 0.262 e. The van der Waals surface area contributed by atoms with Crippen LogP contribution in [0.4, 0.5) is 11.8 Å². The predicted molar refractivity (Wildman–Crippen MR) is 59.1 cm³/mol. The lowest BCUT2D eigenvalue weighted by Gasteiger charge is -2.03. The molecule has 0 saturated carbocycles. The van der Waals surface area contributed by atoms with Gasteiger partial charge in [-0.1, -0.05) is 30.3 Å². The molecule has 15 heavy (non-hydrogen) atoms. The van der Waals surface area contributed by atoms with Crippen molar-refractivity contribution in [2.45, 2.75) is 0 Å². The number of aromatic amines is 1. The van der Waals surface area contributed by atoms with Crippen LogP contribution in [-0.2, 0) is 0 Å². The number of nitrogens with zero attached hydrogens (tertiary/aromatic N) is 1. The zero-order valence-corrected chi connectivity index (χ0v) is 7.90. The molecular formula is C10H10N4O. The number of nitrogens with one attached hydrogen (secondary N) is 1. The van der Waals surface area contributed by atoms with E-state index < -0.39 is 0 Å². The Balaban J connectivity index is 2.69. The van der Waals surface area contributed by atoms with Gasteiger partial charge in [-0.05, 0) is 5.56 Å². The van der Waals surface area contributed by atoms with Crippen LogP contribution in [0.25, 0.3) is 11.1 Å². The van der Waals surface area contributed by atoms with Crippen molar-refractivity contribution in [3.63, 3.8) is 0 Å². The Hall–Kier alpha value is -2.30. The molecule has 0 aliphatic heterocycles. The number of rotatable bonds is 1. The van der Waals surface area contributed by atoms with E-state index in [-0.39, 0.29) is 17.3 Å². The van der Waals surface area contributed by atoms with E-state index in [1.54, 1.807) is 12.1 Å². The van der Waals surface area contributed by atoms with Crippen LogP contribution in [0.15, 0.2) is 35.1 Å². The molecule has 5 heteroatoms. The molecule has 0 spiro atoms. The van der Waals surface area contributed by atoms with Crippen molar-refractivity contribution >= 4 is 11.8 Å². The maximum atomic E-state index is 11.6. The van der Waals surface area contributed by atoms with Crippen LogP contribution in [-0.4, -0.2) is 9.97 Å². The summed E-state index contributed by atoms with van der Waals surface area (Å²) in [5, 5.41) is 0. The molecule has 0 amide bonds. The van der Waals surface area contributed by atoms with Gasteiger partial charge in [0.15, 0.2) is 0 Å². The molecule has 0 atom stereocenters. The number of nitrogen functional groups attached to an aromatic ring is 2. The van der Waals surface area contributed by atoms with Crippen LogP contribution in [0, 0.1) is 0 Å². The summed E-state index contributed by atoms with van der Waals surface area (Å²) < 4.78 is 0. The van der Waals surface area contributed by atoms with Gasteiger partial charge in [0.2, 0.25) is 5.95 Å². The second-order valence-corrected chi connectivity index (χ2v) is 3.08. The van der Waals surface area contributed by atoms with Crippen molar-refractivity contribution in [2.75, 3.05) is 11.5 Å². The van der Waals surface area contributed by atoms with Gasteiger partial charge in [-0.2, -0.15) is 4.98 Å². The topological polar surface area (TPSA) is 97.8 Å². The highest BCUT2D eigenvalue weighted by Crippen LogP contribution is 2.19. The summed E-state index contributed by atoms with van der Waals surface area (Å²) in [7, 11) is 0. The molecule has 0 unspecified atom stereocenters. The standard InChI is InChI=1S/C10H10N4O/c11-8-7(6-4-2-1-3-5-6)9(15)14-10(12)13-8/h1-5H,(H5,11,12,13,14,15). The Morgan fingerprint density at radius 2 is 1.80 bits per heavy atom. The highest BCUT2D eigenvalue weighted by molar-refractivity contribution is 5.73. The van der Waals surface area contributed by atoms with Crippen LogP contribution in [0.5, 0.6) is 0 Å². The molecule has 5 nitrogen and oxygen atoms in total. The average Bonchev–Trinajstić information content (AvgIpc) is 2.17. The summed E-state index contributed by atoms with van der Waals surface area (Å²) in [6.45, 7) is 0. The Morgan fingerprint density at radius 1 is 1.13 bits per heavy atom. The van der Waals surface area contributed by atoms with Gasteiger partial charge in [0.1, 0.15) is 5.82 Å². The van der Waals surface area contributed by atoms with Crippen molar-refractivity contribution in [3.8, 4) is 11.1 Å². The predicted octanol–water partition coefficient (Wildman–Crippen LogP) is 0.601. The molecule has 0 aliphatic rings. The maximum absolute atomic E-state index is 11.6. The fourth-order valence-electron chi connectivity index (χ4n) is 1.39. The van der Waals surface area contributed by atoms with E-state index in [4.69, 9.17) is 11.5 Å². The lowest BCUT2D eigenvalue weighted by molar-refractivity contribution is 1.15.